The van der Waals surface area contributed by atoms with Gasteiger partial charge >= 0.3 is 6.18 Å². The van der Waals surface area contributed by atoms with Crippen LogP contribution in [0.5, 0.6) is 0 Å². The fraction of sp³-hybridized carbons (Fsp3) is 0.522. The molecule has 1 aliphatic rings. The van der Waals surface area contributed by atoms with Crippen molar-refractivity contribution in [3.8, 4) is 0 Å². The largest absolute Gasteiger partial charge is 0.418 e. The number of nitrogens with one attached hydrogen (secondary N) is 2. The minimum Gasteiger partial charge on any atom is -0.382 e. The minimum absolute atomic E-state index is 0. The predicted molar refractivity (Wildman–Crippen MR) is 126 cm³/mol. The Morgan fingerprint density at radius 1 is 1.06 bits per heavy atom. The van der Waals surface area contributed by atoms with E-state index < -0.39 is 11.7 Å². The topological polar surface area (TPSA) is 70.2 Å². The molecule has 1 saturated heterocycles. The first kappa shape index (κ1) is 26.7. The Labute approximate surface area is 198 Å². The number of para-hydroxylation sites is 1. The number of hydrogen-bond acceptors (Lipinski definition) is 5. The Morgan fingerprint density at radius 3 is 2.42 bits per heavy atom. The van der Waals surface area contributed by atoms with Gasteiger partial charge in [-0.05, 0) is 43.5 Å². The van der Waals surface area contributed by atoms with Crippen LogP contribution in [-0.2, 0) is 6.18 Å². The molecule has 3 rings (SSSR count). The molecule has 6 nitrogen and oxygen atoms in total. The van der Waals surface area contributed by atoms with Crippen LogP contribution in [0.4, 0.5) is 24.7 Å². The molecule has 2 heterocycles. The van der Waals surface area contributed by atoms with Crippen molar-refractivity contribution >= 4 is 29.8 Å². The number of halogens is 4. The van der Waals surface area contributed by atoms with E-state index in [0.29, 0.717) is 38.3 Å². The molecule has 1 aliphatic heterocycles. The number of anilines is 2. The highest BCUT2D eigenvalue weighted by molar-refractivity contribution is 5.92. The monoisotopic (exact) mass is 485 g/mol. The molecule has 0 unspecified atom stereocenters. The molecule has 2 aromatic rings. The molecule has 0 saturated carbocycles. The van der Waals surface area contributed by atoms with Crippen molar-refractivity contribution in [3.05, 3.63) is 47.7 Å². The van der Waals surface area contributed by atoms with Crippen molar-refractivity contribution in [3.63, 3.8) is 0 Å². The summed E-state index contributed by atoms with van der Waals surface area (Å²) in [6, 6.07) is 8.93. The minimum atomic E-state index is -4.39. The van der Waals surface area contributed by atoms with E-state index in [1.165, 1.54) is 12.1 Å². The van der Waals surface area contributed by atoms with Crippen molar-refractivity contribution in [1.82, 2.24) is 15.5 Å². The second-order valence-corrected chi connectivity index (χ2v) is 8.04. The highest BCUT2D eigenvalue weighted by Crippen LogP contribution is 2.35. The summed E-state index contributed by atoms with van der Waals surface area (Å²) in [6.45, 7) is 4.05. The van der Waals surface area contributed by atoms with Crippen LogP contribution in [0, 0.1) is 0 Å². The van der Waals surface area contributed by atoms with Gasteiger partial charge in [0.05, 0.1) is 5.56 Å². The maximum atomic E-state index is 13.2. The predicted octanol–water partition coefficient (Wildman–Crippen LogP) is 5.31. The molecule has 182 valence electrons. The Balaban J connectivity index is 0.00000385. The van der Waals surface area contributed by atoms with E-state index in [1.807, 2.05) is 4.90 Å². The fourth-order valence-corrected chi connectivity index (χ4v) is 3.79. The SMILES string of the molecule is CCCCCCNC(=O)c1ccc(N2CCC(Nc3ccccc3C(F)(F)F)CC2)nn1.Cl. The van der Waals surface area contributed by atoms with Crippen LogP contribution in [-0.4, -0.2) is 41.8 Å². The second-order valence-electron chi connectivity index (χ2n) is 8.04. The number of amides is 1. The van der Waals surface area contributed by atoms with Gasteiger partial charge in [-0.1, -0.05) is 38.3 Å². The number of rotatable bonds is 9. The summed E-state index contributed by atoms with van der Waals surface area (Å²) in [5, 5.41) is 14.1. The normalized spacial score (nSPS) is 14.5. The molecule has 33 heavy (non-hydrogen) atoms. The first-order valence-corrected chi connectivity index (χ1v) is 11.2. The van der Waals surface area contributed by atoms with Gasteiger partial charge in [-0.25, -0.2) is 0 Å². The summed E-state index contributed by atoms with van der Waals surface area (Å²) in [6.07, 6.45) is 1.31. The number of hydrogen-bond donors (Lipinski definition) is 2. The van der Waals surface area contributed by atoms with Gasteiger partial charge < -0.3 is 15.5 Å². The average Bonchev–Trinajstić information content (AvgIpc) is 2.79. The van der Waals surface area contributed by atoms with Crippen molar-refractivity contribution in [2.45, 2.75) is 57.7 Å². The summed E-state index contributed by atoms with van der Waals surface area (Å²) in [5.41, 5.74) is -0.250. The molecule has 0 aliphatic carbocycles. The molecule has 1 amide bonds. The summed E-state index contributed by atoms with van der Waals surface area (Å²) < 4.78 is 39.6. The molecule has 2 N–H and O–H groups in total. The Morgan fingerprint density at radius 2 is 1.79 bits per heavy atom. The van der Waals surface area contributed by atoms with Crippen LogP contribution in [0.25, 0.3) is 0 Å². The third-order valence-corrected chi connectivity index (χ3v) is 5.61. The molecule has 0 atom stereocenters. The van der Waals surface area contributed by atoms with Crippen molar-refractivity contribution < 1.29 is 18.0 Å². The third-order valence-electron chi connectivity index (χ3n) is 5.61. The number of nitrogens with zero attached hydrogens (tertiary/aromatic N) is 3. The van der Waals surface area contributed by atoms with Gasteiger partial charge in [0.2, 0.25) is 0 Å². The lowest BCUT2D eigenvalue weighted by molar-refractivity contribution is -0.137. The lowest BCUT2D eigenvalue weighted by Gasteiger charge is -2.33. The van der Waals surface area contributed by atoms with E-state index in [-0.39, 0.29) is 35.7 Å². The van der Waals surface area contributed by atoms with Gasteiger partial charge in [-0.15, -0.1) is 22.6 Å². The number of piperidine rings is 1. The van der Waals surface area contributed by atoms with E-state index in [0.717, 1.165) is 31.7 Å². The quantitative estimate of drug-likeness (QED) is 0.471. The van der Waals surface area contributed by atoms with Gasteiger partial charge in [0.1, 0.15) is 0 Å². The molecule has 10 heteroatoms. The fourth-order valence-electron chi connectivity index (χ4n) is 3.79. The van der Waals surface area contributed by atoms with Crippen LogP contribution < -0.4 is 15.5 Å². The van der Waals surface area contributed by atoms with E-state index in [1.54, 1.807) is 18.2 Å². The summed E-state index contributed by atoms with van der Waals surface area (Å²) in [7, 11) is 0. The van der Waals surface area contributed by atoms with Gasteiger partial charge in [0.25, 0.3) is 5.91 Å². The Bertz CT molecular complexity index is 871. The zero-order valence-corrected chi connectivity index (χ0v) is 19.5. The maximum Gasteiger partial charge on any atom is 0.418 e. The number of carbonyl (C=O) groups excluding carboxylic acids is 1. The van der Waals surface area contributed by atoms with Crippen LogP contribution in [0.1, 0.15) is 61.5 Å². The Hall–Kier alpha value is -2.55. The highest BCUT2D eigenvalue weighted by Gasteiger charge is 2.34. The van der Waals surface area contributed by atoms with Gasteiger partial charge in [0, 0.05) is 31.4 Å². The van der Waals surface area contributed by atoms with Gasteiger partial charge in [0.15, 0.2) is 11.5 Å². The van der Waals surface area contributed by atoms with E-state index in [2.05, 4.69) is 27.8 Å². The standard InChI is InChI=1S/C23H30F3N5O.ClH/c1-2-3-4-7-14-27-22(32)20-10-11-21(30-29-20)31-15-12-17(13-16-31)28-19-9-6-5-8-18(19)23(24,25)26;/h5-6,8-11,17,28H,2-4,7,12-16H2,1H3,(H,27,32);1H. The van der Waals surface area contributed by atoms with E-state index >= 15 is 0 Å². The molecular formula is C23H31ClF3N5O. The lowest BCUT2D eigenvalue weighted by atomic mass is 10.0. The molecule has 0 radical (unpaired) electrons. The zero-order valence-electron chi connectivity index (χ0n) is 18.7. The van der Waals surface area contributed by atoms with Crippen molar-refractivity contribution in [1.29, 1.82) is 0 Å². The number of carbonyl (C=O) groups is 1. The van der Waals surface area contributed by atoms with Gasteiger partial charge in [-0.3, -0.25) is 4.79 Å². The molecule has 1 aromatic heterocycles. The summed E-state index contributed by atoms with van der Waals surface area (Å²) in [5.74, 6) is 0.436. The van der Waals surface area contributed by atoms with Crippen LogP contribution in [0.2, 0.25) is 0 Å². The van der Waals surface area contributed by atoms with Gasteiger partial charge in [-0.2, -0.15) is 13.2 Å². The maximum absolute atomic E-state index is 13.2. The smallest absolute Gasteiger partial charge is 0.382 e. The van der Waals surface area contributed by atoms with Crippen molar-refractivity contribution in [2.75, 3.05) is 29.9 Å². The average molecular weight is 486 g/mol. The van der Waals surface area contributed by atoms with Crippen LogP contribution in [0.15, 0.2) is 36.4 Å². The number of alkyl halides is 3. The number of aromatic nitrogens is 2. The zero-order chi connectivity index (χ0) is 23.0. The number of benzene rings is 1. The lowest BCUT2D eigenvalue weighted by Crippen LogP contribution is -2.40. The molecule has 0 spiro atoms. The van der Waals surface area contributed by atoms with Crippen LogP contribution >= 0.6 is 12.4 Å². The first-order chi connectivity index (χ1) is 15.4. The third kappa shape index (κ3) is 7.77. The molecule has 1 aromatic carbocycles. The van der Waals surface area contributed by atoms with Crippen molar-refractivity contribution in [2.24, 2.45) is 0 Å². The molecular weight excluding hydrogens is 455 g/mol. The summed E-state index contributed by atoms with van der Waals surface area (Å²) >= 11 is 0. The molecule has 0 bridgehead atoms. The number of unbranched alkanes of at least 4 members (excludes halogenated alkanes) is 3. The first-order valence-electron chi connectivity index (χ1n) is 11.2. The molecule has 1 fully saturated rings. The highest BCUT2D eigenvalue weighted by atomic mass is 35.5. The Kier molecular flexibility index (Phi) is 10.2. The second kappa shape index (κ2) is 12.6. The van der Waals surface area contributed by atoms with E-state index in [9.17, 15) is 18.0 Å². The van der Waals surface area contributed by atoms with E-state index in [4.69, 9.17) is 0 Å². The summed E-state index contributed by atoms with van der Waals surface area (Å²) in [4.78, 5) is 14.2. The van der Waals surface area contributed by atoms with Crippen LogP contribution in [0.3, 0.4) is 0 Å².